The molecule has 0 saturated carbocycles. The maximum Gasteiger partial charge on any atom is 0.251 e. The molecule has 0 radical (unpaired) electrons. The number of nitrogens with zero attached hydrogens (tertiary/aromatic N) is 1. The molecule has 0 spiro atoms. The van der Waals surface area contributed by atoms with Crippen molar-refractivity contribution in [1.82, 2.24) is 5.32 Å². The summed E-state index contributed by atoms with van der Waals surface area (Å²) in [5, 5.41) is 14.3. The number of halogens is 1. The molecule has 0 bridgehead atoms. The average molecular weight is 346 g/mol. The quantitative estimate of drug-likeness (QED) is 0.869. The van der Waals surface area contributed by atoms with Crippen LogP contribution >= 0.6 is 11.6 Å². The number of amides is 1. The standard InChI is InChI=1S/C18H19ClN2O3/c1-21(2)15-9-5-12(6-10-15)16(11-17(22)23)20-18(24)13-3-7-14(19)8-4-13/h3-10,16H,11H2,1-2H3,(H,20,24)(H,22,23)/p-1/t16-/m0/s1. The van der Waals surface area contributed by atoms with Crippen molar-refractivity contribution in [3.8, 4) is 0 Å². The van der Waals surface area contributed by atoms with Gasteiger partial charge in [0, 0.05) is 42.8 Å². The van der Waals surface area contributed by atoms with Crippen LogP contribution in [0, 0.1) is 0 Å². The van der Waals surface area contributed by atoms with Crippen LogP contribution in [0.3, 0.4) is 0 Å². The number of benzene rings is 2. The van der Waals surface area contributed by atoms with Crippen LogP contribution in [0.5, 0.6) is 0 Å². The van der Waals surface area contributed by atoms with Crippen LogP contribution in [0.15, 0.2) is 48.5 Å². The first-order chi connectivity index (χ1) is 11.4. The zero-order valence-electron chi connectivity index (χ0n) is 13.5. The normalized spacial score (nSPS) is 11.6. The topological polar surface area (TPSA) is 72.5 Å². The zero-order valence-corrected chi connectivity index (χ0v) is 14.2. The third kappa shape index (κ3) is 4.73. The highest BCUT2D eigenvalue weighted by Crippen LogP contribution is 2.21. The van der Waals surface area contributed by atoms with Crippen LogP contribution in [0.2, 0.25) is 5.02 Å². The van der Waals surface area contributed by atoms with E-state index in [-0.39, 0.29) is 12.3 Å². The average Bonchev–Trinajstić information content (AvgIpc) is 2.54. The maximum absolute atomic E-state index is 12.3. The molecule has 2 rings (SSSR count). The van der Waals surface area contributed by atoms with E-state index in [1.54, 1.807) is 36.4 Å². The summed E-state index contributed by atoms with van der Waals surface area (Å²) in [6, 6.07) is 13.0. The van der Waals surface area contributed by atoms with Gasteiger partial charge in [0.1, 0.15) is 0 Å². The number of rotatable bonds is 6. The third-order valence-corrected chi connectivity index (χ3v) is 3.85. The van der Waals surface area contributed by atoms with Crippen LogP contribution < -0.4 is 15.3 Å². The van der Waals surface area contributed by atoms with E-state index >= 15 is 0 Å². The molecular formula is C18H18ClN2O3-. The Morgan fingerprint density at radius 2 is 1.67 bits per heavy atom. The first-order valence-electron chi connectivity index (χ1n) is 7.40. The summed E-state index contributed by atoms with van der Waals surface area (Å²) in [6.07, 6.45) is -0.305. The summed E-state index contributed by atoms with van der Waals surface area (Å²) in [6.45, 7) is 0. The molecule has 6 heteroatoms. The van der Waals surface area contributed by atoms with Crippen molar-refractivity contribution in [2.24, 2.45) is 0 Å². The van der Waals surface area contributed by atoms with Gasteiger partial charge in [0.15, 0.2) is 0 Å². The van der Waals surface area contributed by atoms with Crippen LogP contribution in [0.4, 0.5) is 5.69 Å². The van der Waals surface area contributed by atoms with E-state index in [1.807, 2.05) is 31.1 Å². The molecule has 0 aliphatic rings. The summed E-state index contributed by atoms with van der Waals surface area (Å²) in [5.74, 6) is -1.59. The second kappa shape index (κ2) is 7.84. The first kappa shape index (κ1) is 17.8. The van der Waals surface area contributed by atoms with Crippen molar-refractivity contribution < 1.29 is 14.7 Å². The molecular weight excluding hydrogens is 328 g/mol. The molecule has 0 aliphatic heterocycles. The highest BCUT2D eigenvalue weighted by Gasteiger charge is 2.16. The minimum atomic E-state index is -1.23. The second-order valence-electron chi connectivity index (χ2n) is 5.60. The number of carbonyl (C=O) groups excluding carboxylic acids is 2. The van der Waals surface area contributed by atoms with Crippen LogP contribution in [0.1, 0.15) is 28.4 Å². The molecule has 0 fully saturated rings. The first-order valence-corrected chi connectivity index (χ1v) is 7.78. The fourth-order valence-electron chi connectivity index (χ4n) is 2.27. The van der Waals surface area contributed by atoms with Crippen LogP contribution in [-0.4, -0.2) is 26.0 Å². The van der Waals surface area contributed by atoms with E-state index in [2.05, 4.69) is 5.32 Å². The Bertz CT molecular complexity index is 712. The van der Waals surface area contributed by atoms with E-state index in [1.165, 1.54) is 0 Å². The molecule has 0 unspecified atom stereocenters. The van der Waals surface area contributed by atoms with Gasteiger partial charge in [-0.05, 0) is 42.0 Å². The number of carbonyl (C=O) groups is 2. The summed E-state index contributed by atoms with van der Waals surface area (Å²) in [7, 11) is 3.83. The Hall–Kier alpha value is -2.53. The molecule has 24 heavy (non-hydrogen) atoms. The van der Waals surface area contributed by atoms with Crippen molar-refractivity contribution in [1.29, 1.82) is 0 Å². The molecule has 0 saturated heterocycles. The lowest BCUT2D eigenvalue weighted by Gasteiger charge is -2.21. The predicted octanol–water partition coefficient (Wildman–Crippen LogP) is 2.02. The van der Waals surface area contributed by atoms with Gasteiger partial charge in [0.2, 0.25) is 0 Å². The number of aliphatic carboxylic acids is 1. The van der Waals surface area contributed by atoms with Gasteiger partial charge in [-0.1, -0.05) is 23.7 Å². The minimum absolute atomic E-state index is 0.305. The van der Waals surface area contributed by atoms with E-state index < -0.39 is 12.0 Å². The highest BCUT2D eigenvalue weighted by molar-refractivity contribution is 6.30. The van der Waals surface area contributed by atoms with Gasteiger partial charge >= 0.3 is 0 Å². The summed E-state index contributed by atoms with van der Waals surface area (Å²) >= 11 is 5.81. The number of hydrogen-bond donors (Lipinski definition) is 1. The predicted molar refractivity (Wildman–Crippen MR) is 92.1 cm³/mol. The second-order valence-corrected chi connectivity index (χ2v) is 6.03. The third-order valence-electron chi connectivity index (χ3n) is 3.59. The summed E-state index contributed by atoms with van der Waals surface area (Å²) in [4.78, 5) is 25.3. The van der Waals surface area contributed by atoms with Crippen LogP contribution in [-0.2, 0) is 4.79 Å². The largest absolute Gasteiger partial charge is 0.550 e. The van der Waals surface area contributed by atoms with Gasteiger partial charge in [0.05, 0.1) is 6.04 Å². The lowest BCUT2D eigenvalue weighted by Crippen LogP contribution is -2.34. The number of hydrogen-bond acceptors (Lipinski definition) is 4. The molecule has 1 atom stereocenters. The molecule has 2 aromatic rings. The Kier molecular flexibility index (Phi) is 5.82. The molecule has 0 aliphatic carbocycles. The summed E-state index contributed by atoms with van der Waals surface area (Å²) < 4.78 is 0. The maximum atomic E-state index is 12.3. The fourth-order valence-corrected chi connectivity index (χ4v) is 2.39. The minimum Gasteiger partial charge on any atom is -0.550 e. The Labute approximate surface area is 145 Å². The number of carboxylic acids is 1. The van der Waals surface area contributed by atoms with Gasteiger partial charge in [-0.2, -0.15) is 0 Å². The SMILES string of the molecule is CN(C)c1ccc([C@H](CC(=O)[O-])NC(=O)c2ccc(Cl)cc2)cc1. The number of nitrogens with one attached hydrogen (secondary N) is 1. The Morgan fingerprint density at radius 3 is 2.17 bits per heavy atom. The van der Waals surface area contributed by atoms with Crippen molar-refractivity contribution in [2.45, 2.75) is 12.5 Å². The molecule has 5 nitrogen and oxygen atoms in total. The Balaban J connectivity index is 2.20. The zero-order chi connectivity index (χ0) is 17.7. The molecule has 0 heterocycles. The fraction of sp³-hybridized carbons (Fsp3) is 0.222. The van der Waals surface area contributed by atoms with Crippen LogP contribution in [0.25, 0.3) is 0 Å². The lowest BCUT2D eigenvalue weighted by molar-refractivity contribution is -0.306. The monoisotopic (exact) mass is 345 g/mol. The van der Waals surface area contributed by atoms with Crippen molar-refractivity contribution in [3.63, 3.8) is 0 Å². The van der Waals surface area contributed by atoms with Crippen molar-refractivity contribution in [3.05, 3.63) is 64.7 Å². The number of anilines is 1. The van der Waals surface area contributed by atoms with Gasteiger partial charge < -0.3 is 20.1 Å². The molecule has 126 valence electrons. The van der Waals surface area contributed by atoms with Gasteiger partial charge in [-0.25, -0.2) is 0 Å². The molecule has 1 amide bonds. The van der Waals surface area contributed by atoms with Gasteiger partial charge in [0.25, 0.3) is 5.91 Å². The molecule has 2 aromatic carbocycles. The molecule has 0 aromatic heterocycles. The highest BCUT2D eigenvalue weighted by atomic mass is 35.5. The smallest absolute Gasteiger partial charge is 0.251 e. The Morgan fingerprint density at radius 1 is 1.08 bits per heavy atom. The van der Waals surface area contributed by atoms with Gasteiger partial charge in [-0.15, -0.1) is 0 Å². The summed E-state index contributed by atoms with van der Waals surface area (Å²) in [5.41, 5.74) is 2.09. The van der Waals surface area contributed by atoms with Crippen molar-refractivity contribution in [2.75, 3.05) is 19.0 Å². The van der Waals surface area contributed by atoms with E-state index in [9.17, 15) is 14.7 Å². The van der Waals surface area contributed by atoms with Crippen molar-refractivity contribution >= 4 is 29.2 Å². The molecule has 1 N–H and O–H groups in total. The van der Waals surface area contributed by atoms with E-state index in [0.717, 1.165) is 5.69 Å². The number of carboxylic acid groups (broad SMARTS) is 1. The van der Waals surface area contributed by atoms with E-state index in [4.69, 9.17) is 11.6 Å². The lowest BCUT2D eigenvalue weighted by atomic mass is 10.0. The van der Waals surface area contributed by atoms with Gasteiger partial charge in [-0.3, -0.25) is 4.79 Å². The van der Waals surface area contributed by atoms with E-state index in [0.29, 0.717) is 16.1 Å².